The number of likely N-dealkylation sites (N-methyl/N-ethyl adjacent to an activating group) is 1. The lowest BCUT2D eigenvalue weighted by atomic mass is 9.89. The van der Waals surface area contributed by atoms with Crippen LogP contribution in [0.1, 0.15) is 35.1 Å². The van der Waals surface area contributed by atoms with Gasteiger partial charge in [-0.3, -0.25) is 14.6 Å². The highest BCUT2D eigenvalue weighted by molar-refractivity contribution is 7.92. The largest absolute Gasteiger partial charge is 0.573 e. The number of amidine groups is 1. The number of nitrogens with zero attached hydrogens (tertiary/aromatic N) is 3. The normalized spacial score (nSPS) is 17.5. The van der Waals surface area contributed by atoms with Crippen molar-refractivity contribution in [3.8, 4) is 5.75 Å². The van der Waals surface area contributed by atoms with Crippen molar-refractivity contribution in [1.82, 2.24) is 9.62 Å². The van der Waals surface area contributed by atoms with Crippen LogP contribution < -0.4 is 20.7 Å². The Labute approximate surface area is 235 Å². The summed E-state index contributed by atoms with van der Waals surface area (Å²) in [5.74, 6) is -1.04. The van der Waals surface area contributed by atoms with E-state index in [9.17, 15) is 31.2 Å². The molecular weight excluding hydrogens is 563 g/mol. The highest BCUT2D eigenvalue weighted by Crippen LogP contribution is 2.33. The van der Waals surface area contributed by atoms with Gasteiger partial charge in [-0.05, 0) is 73.7 Å². The van der Waals surface area contributed by atoms with Gasteiger partial charge in [-0.15, -0.1) is 13.2 Å². The van der Waals surface area contributed by atoms with Crippen LogP contribution >= 0.6 is 0 Å². The summed E-state index contributed by atoms with van der Waals surface area (Å²) in [6.07, 6.45) is -3.16. The highest BCUT2D eigenvalue weighted by Gasteiger charge is 2.47. The molecule has 0 radical (unpaired) electrons. The number of sulfonamides is 1. The van der Waals surface area contributed by atoms with E-state index in [1.165, 1.54) is 27.4 Å². The molecule has 0 atom stereocenters. The molecule has 14 heteroatoms. The van der Waals surface area contributed by atoms with Crippen LogP contribution in [-0.2, 0) is 19.6 Å². The molecule has 10 nitrogen and oxygen atoms in total. The van der Waals surface area contributed by atoms with Crippen molar-refractivity contribution in [3.63, 3.8) is 0 Å². The van der Waals surface area contributed by atoms with E-state index in [1.54, 1.807) is 19.2 Å². The number of piperidine rings is 1. The number of carbonyl (C=O) groups is 2. The van der Waals surface area contributed by atoms with Crippen LogP contribution in [0.5, 0.6) is 5.75 Å². The Morgan fingerprint density at radius 2 is 1.83 bits per heavy atom. The molecule has 1 saturated heterocycles. The van der Waals surface area contributed by atoms with Crippen molar-refractivity contribution in [2.24, 2.45) is 10.7 Å². The maximum Gasteiger partial charge on any atom is 0.573 e. The second kappa shape index (κ2) is 11.3. The standard InChI is InChI=1S/C27H30F3N5O5S/c1-17-13-20(34(3)23(36)16-31)14-18(2)22(17)7-12-41(38,39)35-10-8-26(9-11-35)25(37)32-24(33-26)19-5-4-6-21(15-19)40-27(28,29)30/h4-7,12-15H,8-11,16,31H2,1-3H3,(H,32,33,37)/b12-7+. The first-order valence-electron chi connectivity index (χ1n) is 12.7. The SMILES string of the molecule is Cc1cc(N(C)C(=O)CN)cc(C)c1/C=C/S(=O)(=O)N1CCC2(CC1)N=C(c1cccc(OC(F)(F)F)c1)NC2=O. The van der Waals surface area contributed by atoms with Crippen LogP contribution in [0.4, 0.5) is 18.9 Å². The third kappa shape index (κ3) is 6.60. The molecule has 2 aromatic carbocycles. The molecule has 2 aliphatic rings. The zero-order valence-electron chi connectivity index (χ0n) is 22.7. The molecule has 0 saturated carbocycles. The second-order valence-electron chi connectivity index (χ2n) is 9.92. The van der Waals surface area contributed by atoms with Gasteiger partial charge in [0.25, 0.3) is 5.91 Å². The fourth-order valence-electron chi connectivity index (χ4n) is 4.87. The Bertz CT molecular complexity index is 1510. The number of ether oxygens (including phenoxy) is 1. The van der Waals surface area contributed by atoms with Gasteiger partial charge in [0.2, 0.25) is 15.9 Å². The number of aryl methyl sites for hydroxylation is 2. The van der Waals surface area contributed by atoms with E-state index in [4.69, 9.17) is 5.73 Å². The van der Waals surface area contributed by atoms with Crippen LogP contribution in [0.15, 0.2) is 46.8 Å². The van der Waals surface area contributed by atoms with Crippen LogP contribution in [0.25, 0.3) is 6.08 Å². The number of aliphatic imine (C=N–C) groups is 1. The molecule has 2 aliphatic heterocycles. The maximum absolute atomic E-state index is 13.1. The molecule has 0 unspecified atom stereocenters. The number of benzene rings is 2. The number of alkyl halides is 3. The molecule has 1 spiro atoms. The summed E-state index contributed by atoms with van der Waals surface area (Å²) in [5, 5.41) is 3.73. The van der Waals surface area contributed by atoms with E-state index in [0.29, 0.717) is 11.3 Å². The van der Waals surface area contributed by atoms with Gasteiger partial charge in [0.05, 0.1) is 6.54 Å². The molecule has 0 aliphatic carbocycles. The van der Waals surface area contributed by atoms with E-state index in [2.05, 4.69) is 15.0 Å². The average Bonchev–Trinajstić information content (AvgIpc) is 3.21. The van der Waals surface area contributed by atoms with Crippen molar-refractivity contribution >= 4 is 39.4 Å². The minimum Gasteiger partial charge on any atom is -0.406 e. The average molecular weight is 594 g/mol. The number of nitrogens with two attached hydrogens (primary N) is 1. The van der Waals surface area contributed by atoms with E-state index >= 15 is 0 Å². The smallest absolute Gasteiger partial charge is 0.406 e. The van der Waals surface area contributed by atoms with Gasteiger partial charge in [-0.25, -0.2) is 8.42 Å². The predicted molar refractivity (Wildman–Crippen MR) is 148 cm³/mol. The van der Waals surface area contributed by atoms with E-state index in [0.717, 1.165) is 28.7 Å². The van der Waals surface area contributed by atoms with E-state index in [-0.39, 0.29) is 49.8 Å². The summed E-state index contributed by atoms with van der Waals surface area (Å²) in [4.78, 5) is 30.7. The van der Waals surface area contributed by atoms with Gasteiger partial charge < -0.3 is 20.7 Å². The molecule has 41 heavy (non-hydrogen) atoms. The zero-order valence-corrected chi connectivity index (χ0v) is 23.5. The quantitative estimate of drug-likeness (QED) is 0.507. The minimum atomic E-state index is -4.87. The van der Waals surface area contributed by atoms with Crippen LogP contribution in [0, 0.1) is 13.8 Å². The first-order chi connectivity index (χ1) is 19.1. The molecule has 2 aromatic rings. The number of amides is 2. The fraction of sp³-hybridized carbons (Fsp3) is 0.370. The molecule has 0 aromatic heterocycles. The molecule has 4 rings (SSSR count). The lowest BCUT2D eigenvalue weighted by molar-refractivity contribution is -0.274. The van der Waals surface area contributed by atoms with Gasteiger partial charge >= 0.3 is 6.36 Å². The van der Waals surface area contributed by atoms with Gasteiger partial charge in [-0.2, -0.15) is 4.31 Å². The van der Waals surface area contributed by atoms with Gasteiger partial charge in [0.1, 0.15) is 17.1 Å². The van der Waals surface area contributed by atoms with Crippen molar-refractivity contribution < 1.29 is 35.9 Å². The zero-order chi connectivity index (χ0) is 30.2. The van der Waals surface area contributed by atoms with Crippen LogP contribution in [0.3, 0.4) is 0 Å². The molecular formula is C27H30F3N5O5S. The first kappa shape index (κ1) is 30.2. The van der Waals surface area contributed by atoms with Crippen molar-refractivity contribution in [2.75, 3.05) is 31.6 Å². The molecule has 2 amide bonds. The topological polar surface area (TPSA) is 134 Å². The van der Waals surface area contributed by atoms with Crippen molar-refractivity contribution in [1.29, 1.82) is 0 Å². The minimum absolute atomic E-state index is 0.0248. The first-order valence-corrected chi connectivity index (χ1v) is 14.2. The van der Waals surface area contributed by atoms with Gasteiger partial charge in [-0.1, -0.05) is 12.1 Å². The predicted octanol–water partition coefficient (Wildman–Crippen LogP) is 2.84. The number of carbonyl (C=O) groups excluding carboxylic acids is 2. The van der Waals surface area contributed by atoms with Crippen molar-refractivity contribution in [3.05, 3.63) is 64.1 Å². The molecule has 3 N–H and O–H groups in total. The number of rotatable bonds is 7. The second-order valence-corrected chi connectivity index (χ2v) is 11.7. The monoisotopic (exact) mass is 593 g/mol. The summed E-state index contributed by atoms with van der Waals surface area (Å²) in [7, 11) is -2.23. The Morgan fingerprint density at radius 3 is 2.41 bits per heavy atom. The number of anilines is 1. The molecule has 0 bridgehead atoms. The summed E-state index contributed by atoms with van der Waals surface area (Å²) >= 11 is 0. The van der Waals surface area contributed by atoms with E-state index in [1.807, 2.05) is 13.8 Å². The van der Waals surface area contributed by atoms with Gasteiger partial charge in [0, 0.05) is 36.8 Å². The Morgan fingerprint density at radius 1 is 1.20 bits per heavy atom. The summed E-state index contributed by atoms with van der Waals surface area (Å²) in [6, 6.07) is 8.66. The highest BCUT2D eigenvalue weighted by atomic mass is 32.2. The third-order valence-corrected chi connectivity index (χ3v) is 8.72. The van der Waals surface area contributed by atoms with Crippen LogP contribution in [0.2, 0.25) is 0 Å². The Hall–Kier alpha value is -3.75. The molecule has 2 heterocycles. The summed E-state index contributed by atoms with van der Waals surface area (Å²) in [6.45, 7) is 3.54. The number of nitrogens with one attached hydrogen (secondary N) is 1. The third-order valence-electron chi connectivity index (χ3n) is 7.15. The molecule has 220 valence electrons. The van der Waals surface area contributed by atoms with Gasteiger partial charge in [0.15, 0.2) is 0 Å². The van der Waals surface area contributed by atoms with Crippen molar-refractivity contribution in [2.45, 2.75) is 38.6 Å². The summed E-state index contributed by atoms with van der Waals surface area (Å²) in [5.41, 5.74) is 7.35. The number of halogens is 3. The lowest BCUT2D eigenvalue weighted by Gasteiger charge is -2.34. The summed E-state index contributed by atoms with van der Waals surface area (Å²) < 4.78 is 69.3. The number of hydrogen-bond donors (Lipinski definition) is 2. The fourth-order valence-corrected chi connectivity index (χ4v) is 6.04. The van der Waals surface area contributed by atoms with E-state index < -0.39 is 33.6 Å². The maximum atomic E-state index is 13.1. The number of hydrogen-bond acceptors (Lipinski definition) is 7. The lowest BCUT2D eigenvalue weighted by Crippen LogP contribution is -2.50. The Kier molecular flexibility index (Phi) is 8.30. The Balaban J connectivity index is 1.47. The molecule has 1 fully saturated rings. The van der Waals surface area contributed by atoms with Crippen LogP contribution in [-0.4, -0.2) is 69.0 Å².